The van der Waals surface area contributed by atoms with E-state index in [1.54, 1.807) is 0 Å². The molecule has 0 bridgehead atoms. The van der Waals surface area contributed by atoms with Crippen molar-refractivity contribution >= 4 is 17.8 Å². The van der Waals surface area contributed by atoms with Gasteiger partial charge in [0.2, 0.25) is 0 Å². The number of thioether (sulfide) groups is 1. The van der Waals surface area contributed by atoms with Crippen molar-refractivity contribution in [2.24, 2.45) is 0 Å². The first-order valence-corrected chi connectivity index (χ1v) is 10.8. The van der Waals surface area contributed by atoms with Gasteiger partial charge in [-0.2, -0.15) is 0 Å². The zero-order valence-corrected chi connectivity index (χ0v) is 16.0. The van der Waals surface area contributed by atoms with Gasteiger partial charge in [0.05, 0.1) is 0 Å². The van der Waals surface area contributed by atoms with Gasteiger partial charge < -0.3 is 0 Å². The lowest BCUT2D eigenvalue weighted by atomic mass is 10.1. The van der Waals surface area contributed by atoms with Crippen LogP contribution in [0.15, 0.2) is 35.7 Å². The minimum atomic E-state index is 1.26. The Bertz CT molecular complexity index is 369. The molecule has 130 valence electrons. The first kappa shape index (κ1) is 20.4. The van der Waals surface area contributed by atoms with Crippen molar-refractivity contribution in [2.45, 2.75) is 84.0 Å². The summed E-state index contributed by atoms with van der Waals surface area (Å²) in [6.07, 6.45) is 19.4. The van der Waals surface area contributed by atoms with Gasteiger partial charge in [-0.3, -0.25) is 0 Å². The SMILES string of the molecule is CCCCCCCCCCCCCCS/C=C\c1ccccc1. The number of unbranched alkanes of at least 4 members (excludes halogenated alkanes) is 11. The van der Waals surface area contributed by atoms with Crippen LogP contribution in [0.4, 0.5) is 0 Å². The van der Waals surface area contributed by atoms with Crippen LogP contribution in [0.5, 0.6) is 0 Å². The van der Waals surface area contributed by atoms with Crippen molar-refractivity contribution in [3.63, 3.8) is 0 Å². The van der Waals surface area contributed by atoms with Gasteiger partial charge in [0.15, 0.2) is 0 Å². The van der Waals surface area contributed by atoms with Crippen LogP contribution < -0.4 is 0 Å². The summed E-state index contributed by atoms with van der Waals surface area (Å²) in [7, 11) is 0. The quantitative estimate of drug-likeness (QED) is 0.292. The topological polar surface area (TPSA) is 0 Å². The highest BCUT2D eigenvalue weighted by Crippen LogP contribution is 2.14. The van der Waals surface area contributed by atoms with Crippen LogP contribution in [-0.4, -0.2) is 5.75 Å². The van der Waals surface area contributed by atoms with Gasteiger partial charge in [-0.25, -0.2) is 0 Å². The zero-order chi connectivity index (χ0) is 16.4. The molecular weight excluding hydrogens is 296 g/mol. The molecule has 1 aromatic carbocycles. The van der Waals surface area contributed by atoms with Gasteiger partial charge >= 0.3 is 0 Å². The lowest BCUT2D eigenvalue weighted by molar-refractivity contribution is 0.548. The van der Waals surface area contributed by atoms with Crippen molar-refractivity contribution in [1.82, 2.24) is 0 Å². The predicted molar refractivity (Wildman–Crippen MR) is 109 cm³/mol. The van der Waals surface area contributed by atoms with Gasteiger partial charge in [-0.15, -0.1) is 11.8 Å². The summed E-state index contributed by atoms with van der Waals surface area (Å²) < 4.78 is 0. The second-order valence-corrected chi connectivity index (χ2v) is 7.49. The van der Waals surface area contributed by atoms with Crippen LogP contribution in [0.25, 0.3) is 6.08 Å². The molecule has 0 amide bonds. The van der Waals surface area contributed by atoms with Crippen LogP contribution in [0, 0.1) is 0 Å². The van der Waals surface area contributed by atoms with Crippen molar-refractivity contribution in [1.29, 1.82) is 0 Å². The fourth-order valence-electron chi connectivity index (χ4n) is 2.79. The Morgan fingerprint density at radius 2 is 1.22 bits per heavy atom. The minimum absolute atomic E-state index is 1.26. The van der Waals surface area contributed by atoms with E-state index in [1.165, 1.54) is 88.4 Å². The van der Waals surface area contributed by atoms with Gasteiger partial charge in [-0.05, 0) is 29.2 Å². The van der Waals surface area contributed by atoms with Gasteiger partial charge in [-0.1, -0.05) is 108 Å². The normalized spacial score (nSPS) is 11.3. The van der Waals surface area contributed by atoms with E-state index >= 15 is 0 Å². The molecule has 0 fully saturated rings. The monoisotopic (exact) mass is 332 g/mol. The van der Waals surface area contributed by atoms with Crippen molar-refractivity contribution in [3.05, 3.63) is 41.3 Å². The third-order valence-corrected chi connectivity index (χ3v) is 5.12. The zero-order valence-electron chi connectivity index (χ0n) is 15.1. The average Bonchev–Trinajstić information content (AvgIpc) is 2.59. The molecule has 0 aliphatic carbocycles. The molecule has 0 saturated heterocycles. The Hall–Kier alpha value is -0.690. The predicted octanol–water partition coefficient (Wildman–Crippen LogP) is 8.09. The molecule has 1 aromatic rings. The molecule has 0 nitrogen and oxygen atoms in total. The lowest BCUT2D eigenvalue weighted by Crippen LogP contribution is -1.83. The van der Waals surface area contributed by atoms with E-state index in [0.29, 0.717) is 0 Å². The highest BCUT2D eigenvalue weighted by atomic mass is 32.2. The maximum atomic E-state index is 2.29. The molecule has 0 heterocycles. The molecular formula is C22H36S. The van der Waals surface area contributed by atoms with Crippen molar-refractivity contribution < 1.29 is 0 Å². The average molecular weight is 333 g/mol. The molecule has 0 aliphatic heterocycles. The summed E-state index contributed by atoms with van der Waals surface area (Å²) in [6, 6.07) is 10.6. The second kappa shape index (κ2) is 16.2. The summed E-state index contributed by atoms with van der Waals surface area (Å²) >= 11 is 1.95. The summed E-state index contributed by atoms with van der Waals surface area (Å²) in [4.78, 5) is 0. The van der Waals surface area contributed by atoms with Gasteiger partial charge in [0.25, 0.3) is 0 Å². The van der Waals surface area contributed by atoms with Crippen molar-refractivity contribution in [3.8, 4) is 0 Å². The second-order valence-electron chi connectivity index (χ2n) is 6.47. The largest absolute Gasteiger partial charge is 0.134 e. The number of hydrogen-bond acceptors (Lipinski definition) is 1. The number of hydrogen-bond donors (Lipinski definition) is 0. The maximum Gasteiger partial charge on any atom is -0.00260 e. The van der Waals surface area contributed by atoms with Gasteiger partial charge in [0.1, 0.15) is 0 Å². The maximum absolute atomic E-state index is 2.29. The molecule has 0 aromatic heterocycles. The summed E-state index contributed by atoms with van der Waals surface area (Å²) in [5.74, 6) is 1.26. The first-order valence-electron chi connectivity index (χ1n) is 9.76. The van der Waals surface area contributed by atoms with E-state index in [4.69, 9.17) is 0 Å². The molecule has 0 N–H and O–H groups in total. The van der Waals surface area contributed by atoms with E-state index in [0.717, 1.165) is 0 Å². The standard InChI is InChI=1S/C22H36S/c1-2-3-4-5-6-7-8-9-10-11-12-16-20-23-21-19-22-17-14-13-15-18-22/h13-15,17-19,21H,2-12,16,20H2,1H3/b21-19-. The Morgan fingerprint density at radius 1 is 0.696 bits per heavy atom. The third-order valence-electron chi connectivity index (χ3n) is 4.27. The smallest absolute Gasteiger partial charge is 0.00260 e. The number of benzene rings is 1. The highest BCUT2D eigenvalue weighted by molar-refractivity contribution is 8.02. The van der Waals surface area contributed by atoms with Crippen LogP contribution in [0.2, 0.25) is 0 Å². The molecule has 23 heavy (non-hydrogen) atoms. The Labute approximate surface area is 149 Å². The van der Waals surface area contributed by atoms with Crippen LogP contribution >= 0.6 is 11.8 Å². The Kier molecular flexibility index (Phi) is 14.3. The first-order chi connectivity index (χ1) is 11.4. The van der Waals surface area contributed by atoms with Crippen LogP contribution in [0.3, 0.4) is 0 Å². The highest BCUT2D eigenvalue weighted by Gasteiger charge is 1.93. The summed E-state index contributed by atoms with van der Waals surface area (Å²) in [6.45, 7) is 2.29. The van der Waals surface area contributed by atoms with E-state index in [1.807, 2.05) is 11.8 Å². The van der Waals surface area contributed by atoms with E-state index < -0.39 is 0 Å². The van der Waals surface area contributed by atoms with E-state index in [2.05, 4.69) is 48.7 Å². The van der Waals surface area contributed by atoms with E-state index in [-0.39, 0.29) is 0 Å². The molecule has 0 atom stereocenters. The Balaban J connectivity index is 1.77. The molecule has 1 rings (SSSR count). The third kappa shape index (κ3) is 13.4. The lowest BCUT2D eigenvalue weighted by Gasteiger charge is -2.02. The fourth-order valence-corrected chi connectivity index (χ4v) is 3.55. The van der Waals surface area contributed by atoms with Crippen LogP contribution in [0.1, 0.15) is 89.5 Å². The molecule has 0 radical (unpaired) electrons. The molecule has 0 spiro atoms. The molecule has 0 saturated carbocycles. The fraction of sp³-hybridized carbons (Fsp3) is 0.636. The summed E-state index contributed by atoms with van der Waals surface area (Å²) in [5.41, 5.74) is 1.30. The molecule has 0 unspecified atom stereocenters. The van der Waals surface area contributed by atoms with Gasteiger partial charge in [0, 0.05) is 0 Å². The summed E-state index contributed by atoms with van der Waals surface area (Å²) in [5, 5.41) is 2.24. The minimum Gasteiger partial charge on any atom is -0.134 e. The van der Waals surface area contributed by atoms with Crippen molar-refractivity contribution in [2.75, 3.05) is 5.75 Å². The van der Waals surface area contributed by atoms with E-state index in [9.17, 15) is 0 Å². The molecule has 1 heteroatoms. The van der Waals surface area contributed by atoms with Crippen LogP contribution in [-0.2, 0) is 0 Å². The molecule has 0 aliphatic rings. The Morgan fingerprint density at radius 3 is 1.78 bits per heavy atom. The number of rotatable bonds is 15.